The van der Waals surface area contributed by atoms with Crippen LogP contribution in [-0.4, -0.2) is 25.1 Å². The molecule has 1 aliphatic rings. The largest absolute Gasteiger partial charge is 0.332 e. The van der Waals surface area contributed by atoms with Crippen LogP contribution < -0.4 is 4.90 Å². The lowest BCUT2D eigenvalue weighted by Crippen LogP contribution is -2.17. The van der Waals surface area contributed by atoms with Gasteiger partial charge in [-0.25, -0.2) is 19.3 Å². The van der Waals surface area contributed by atoms with Crippen molar-refractivity contribution in [2.45, 2.75) is 13.1 Å². The fourth-order valence-corrected chi connectivity index (χ4v) is 4.19. The second-order valence-corrected chi connectivity index (χ2v) is 8.43. The van der Waals surface area contributed by atoms with Crippen LogP contribution in [0.15, 0.2) is 67.0 Å². The number of benzene rings is 2. The van der Waals surface area contributed by atoms with E-state index < -0.39 is 5.82 Å². The van der Waals surface area contributed by atoms with Crippen molar-refractivity contribution < 1.29 is 4.39 Å². The quantitative estimate of drug-likeness (QED) is 0.365. The number of rotatable bonds is 2. The number of fused-ring (bicyclic) bond motifs is 2. The summed E-state index contributed by atoms with van der Waals surface area (Å²) in [7, 11) is 0. The number of hydrogen-bond donors (Lipinski definition) is 1. The van der Waals surface area contributed by atoms with Gasteiger partial charge in [0.1, 0.15) is 11.5 Å². The lowest BCUT2D eigenvalue weighted by atomic mass is 10.1. The molecule has 2 aromatic carbocycles. The molecule has 0 fully saturated rings. The first-order valence-corrected chi connectivity index (χ1v) is 11.0. The average molecular weight is 467 g/mol. The summed E-state index contributed by atoms with van der Waals surface area (Å²) in [5.41, 5.74) is 5.31. The van der Waals surface area contributed by atoms with Gasteiger partial charge in [-0.2, -0.15) is 5.10 Å². The Balaban J connectivity index is 1.29. The molecule has 3 aromatic heterocycles. The number of H-pyrrole nitrogens is 1. The third kappa shape index (κ3) is 3.96. The Morgan fingerprint density at radius 2 is 1.82 bits per heavy atom. The monoisotopic (exact) mass is 466 g/mol. The molecule has 0 saturated carbocycles. The average Bonchev–Trinajstić information content (AvgIpc) is 3.49. The van der Waals surface area contributed by atoms with Crippen molar-refractivity contribution in [3.05, 3.63) is 100 Å². The zero-order chi connectivity index (χ0) is 23.1. The van der Waals surface area contributed by atoms with E-state index in [0.717, 1.165) is 22.0 Å². The van der Waals surface area contributed by atoms with Gasteiger partial charge in [-0.15, -0.1) is 0 Å². The van der Waals surface area contributed by atoms with Crippen LogP contribution in [0.5, 0.6) is 0 Å². The van der Waals surface area contributed by atoms with E-state index in [9.17, 15) is 4.39 Å². The van der Waals surface area contributed by atoms with Crippen molar-refractivity contribution in [1.29, 1.82) is 0 Å². The van der Waals surface area contributed by atoms with E-state index in [2.05, 4.69) is 41.9 Å². The molecule has 8 heteroatoms. The van der Waals surface area contributed by atoms with Gasteiger partial charge in [0, 0.05) is 47.4 Å². The van der Waals surface area contributed by atoms with Crippen molar-refractivity contribution in [1.82, 2.24) is 25.1 Å². The number of aromatic nitrogens is 5. The van der Waals surface area contributed by atoms with Gasteiger partial charge in [0.25, 0.3) is 0 Å². The van der Waals surface area contributed by atoms with E-state index >= 15 is 0 Å². The Hall–Kier alpha value is -4.28. The molecule has 6 rings (SSSR count). The maximum absolute atomic E-state index is 14.4. The van der Waals surface area contributed by atoms with Gasteiger partial charge < -0.3 is 4.90 Å². The van der Waals surface area contributed by atoms with Crippen LogP contribution in [0.4, 0.5) is 10.3 Å². The normalized spacial score (nSPS) is 12.5. The SMILES string of the molecule is Fc1cc(C#Cc2ccc3[nH]ncc3c2)nc(-c2ccnc(N3Cc4ccc(Cl)cc4C3)n2)c1. The van der Waals surface area contributed by atoms with Gasteiger partial charge in [0.15, 0.2) is 0 Å². The second-order valence-electron chi connectivity index (χ2n) is 7.99. The molecule has 5 aromatic rings. The van der Waals surface area contributed by atoms with Gasteiger partial charge in [-0.1, -0.05) is 23.6 Å². The predicted molar refractivity (Wildman–Crippen MR) is 129 cm³/mol. The van der Waals surface area contributed by atoms with E-state index in [1.165, 1.54) is 17.7 Å². The van der Waals surface area contributed by atoms with Crippen LogP contribution >= 0.6 is 11.6 Å². The van der Waals surface area contributed by atoms with E-state index in [0.29, 0.717) is 41.1 Å². The maximum Gasteiger partial charge on any atom is 0.226 e. The van der Waals surface area contributed by atoms with Crippen molar-refractivity contribution >= 4 is 28.5 Å². The number of halogens is 2. The van der Waals surface area contributed by atoms with E-state index in [1.807, 2.05) is 36.4 Å². The zero-order valence-electron chi connectivity index (χ0n) is 17.8. The molecular weight excluding hydrogens is 451 g/mol. The molecule has 1 N–H and O–H groups in total. The summed E-state index contributed by atoms with van der Waals surface area (Å²) in [6, 6.07) is 16.0. The first kappa shape index (κ1) is 20.3. The first-order chi connectivity index (χ1) is 16.6. The Labute approximate surface area is 199 Å². The number of nitrogens with one attached hydrogen (secondary N) is 1. The Morgan fingerprint density at radius 1 is 0.912 bits per heavy atom. The van der Waals surface area contributed by atoms with Crippen LogP contribution in [0.1, 0.15) is 22.4 Å². The Bertz CT molecular complexity index is 1620. The highest BCUT2D eigenvalue weighted by atomic mass is 35.5. The second kappa shape index (κ2) is 8.25. The summed E-state index contributed by atoms with van der Waals surface area (Å²) in [4.78, 5) is 15.7. The summed E-state index contributed by atoms with van der Waals surface area (Å²) in [6.07, 6.45) is 3.39. The lowest BCUT2D eigenvalue weighted by Gasteiger charge is -2.15. The molecule has 0 spiro atoms. The highest BCUT2D eigenvalue weighted by molar-refractivity contribution is 6.30. The number of hydrogen-bond acceptors (Lipinski definition) is 5. The van der Waals surface area contributed by atoms with Crippen LogP contribution in [0.2, 0.25) is 5.02 Å². The molecule has 0 amide bonds. The highest BCUT2D eigenvalue weighted by Gasteiger charge is 2.22. The maximum atomic E-state index is 14.4. The smallest absolute Gasteiger partial charge is 0.226 e. The Kier molecular flexibility index (Phi) is 4.93. The topological polar surface area (TPSA) is 70.6 Å². The van der Waals surface area contributed by atoms with Crippen LogP contribution in [0.3, 0.4) is 0 Å². The minimum absolute atomic E-state index is 0.325. The number of pyridine rings is 1. The summed E-state index contributed by atoms with van der Waals surface area (Å²) >= 11 is 6.13. The fourth-order valence-electron chi connectivity index (χ4n) is 4.00. The minimum atomic E-state index is -0.428. The molecule has 34 heavy (non-hydrogen) atoms. The molecule has 0 atom stereocenters. The van der Waals surface area contributed by atoms with Gasteiger partial charge in [0.05, 0.1) is 23.1 Å². The summed E-state index contributed by atoms with van der Waals surface area (Å²) in [5.74, 6) is 6.13. The molecule has 0 unspecified atom stereocenters. The highest BCUT2D eigenvalue weighted by Crippen LogP contribution is 2.29. The third-order valence-electron chi connectivity index (χ3n) is 5.64. The molecule has 6 nitrogen and oxygen atoms in total. The van der Waals surface area contributed by atoms with Gasteiger partial charge in [-0.3, -0.25) is 5.10 Å². The molecule has 164 valence electrons. The van der Waals surface area contributed by atoms with Crippen molar-refractivity contribution in [3.63, 3.8) is 0 Å². The summed E-state index contributed by atoms with van der Waals surface area (Å²) in [6.45, 7) is 1.35. The number of anilines is 1. The van der Waals surface area contributed by atoms with Crippen LogP contribution in [0, 0.1) is 17.7 Å². The Morgan fingerprint density at radius 3 is 2.76 bits per heavy atom. The molecule has 4 heterocycles. The van der Waals surface area contributed by atoms with Gasteiger partial charge >= 0.3 is 0 Å². The fraction of sp³-hybridized carbons (Fsp3) is 0.0769. The van der Waals surface area contributed by atoms with Gasteiger partial charge in [-0.05, 0) is 53.4 Å². The van der Waals surface area contributed by atoms with Crippen molar-refractivity contribution in [3.8, 4) is 23.2 Å². The zero-order valence-corrected chi connectivity index (χ0v) is 18.5. The minimum Gasteiger partial charge on any atom is -0.332 e. The predicted octanol–water partition coefficient (Wildman–Crippen LogP) is 5.13. The van der Waals surface area contributed by atoms with E-state index in [1.54, 1.807) is 18.5 Å². The van der Waals surface area contributed by atoms with E-state index in [-0.39, 0.29) is 0 Å². The summed E-state index contributed by atoms with van der Waals surface area (Å²) in [5, 5.41) is 8.58. The van der Waals surface area contributed by atoms with Crippen LogP contribution in [0.25, 0.3) is 22.3 Å². The summed E-state index contributed by atoms with van der Waals surface area (Å²) < 4.78 is 14.4. The van der Waals surface area contributed by atoms with Gasteiger partial charge in [0.2, 0.25) is 5.95 Å². The third-order valence-corrected chi connectivity index (χ3v) is 5.88. The molecule has 1 aliphatic heterocycles. The molecule has 0 aliphatic carbocycles. The number of nitrogens with zero attached hydrogens (tertiary/aromatic N) is 5. The van der Waals surface area contributed by atoms with Crippen molar-refractivity contribution in [2.75, 3.05) is 4.90 Å². The van der Waals surface area contributed by atoms with Crippen LogP contribution in [-0.2, 0) is 13.1 Å². The molecule has 0 bridgehead atoms. The first-order valence-electron chi connectivity index (χ1n) is 10.6. The van der Waals surface area contributed by atoms with Crippen molar-refractivity contribution in [2.24, 2.45) is 0 Å². The molecule has 0 saturated heterocycles. The molecular formula is C26H16ClFN6. The number of aromatic amines is 1. The standard InChI is InChI=1S/C26H16ClFN6/c27-20-4-3-17-14-34(15-19(17)10-20)26-29-8-7-24(32-26)25-12-21(28)11-22(31-25)5-1-16-2-6-23-18(9-16)13-30-33-23/h2-4,6-13H,14-15H2,(H,30,33). The molecule has 0 radical (unpaired) electrons. The lowest BCUT2D eigenvalue weighted by molar-refractivity contribution is 0.625. The van der Waals surface area contributed by atoms with E-state index in [4.69, 9.17) is 11.6 Å².